The maximum Gasteiger partial charge on any atom is 0.135 e. The van der Waals surface area contributed by atoms with Crippen molar-refractivity contribution in [2.75, 3.05) is 13.7 Å². The largest absolute Gasteiger partial charge is 0.494 e. The smallest absolute Gasteiger partial charge is 0.135 e. The van der Waals surface area contributed by atoms with Crippen molar-refractivity contribution in [3.8, 4) is 0 Å². The lowest BCUT2D eigenvalue weighted by atomic mass is 10.2. The Morgan fingerprint density at radius 2 is 2.46 bits per heavy atom. The van der Waals surface area contributed by atoms with Crippen LogP contribution >= 0.6 is 0 Å². The van der Waals surface area contributed by atoms with Gasteiger partial charge in [-0.25, -0.2) is 0 Å². The van der Waals surface area contributed by atoms with Crippen molar-refractivity contribution in [2.45, 2.75) is 13.5 Å². The predicted octanol–water partition coefficient (Wildman–Crippen LogP) is 1.83. The van der Waals surface area contributed by atoms with Gasteiger partial charge < -0.3 is 14.0 Å². The molecule has 0 unspecified atom stereocenters. The molecule has 0 aliphatic heterocycles. The first kappa shape index (κ1) is 9.80. The van der Waals surface area contributed by atoms with Gasteiger partial charge in [-0.1, -0.05) is 11.7 Å². The average molecular weight is 183 g/mol. The first-order valence-corrected chi connectivity index (χ1v) is 4.03. The lowest BCUT2D eigenvalue weighted by molar-refractivity contribution is 0.176. The number of rotatable bonds is 5. The number of aromatic nitrogens is 1. The Bertz CT molecular complexity index is 280. The molecule has 0 spiro atoms. The van der Waals surface area contributed by atoms with Crippen LogP contribution in [0.2, 0.25) is 0 Å². The second-order valence-corrected chi connectivity index (χ2v) is 2.46. The van der Waals surface area contributed by atoms with E-state index in [1.54, 1.807) is 7.11 Å². The molecule has 4 nitrogen and oxygen atoms in total. The first-order valence-electron chi connectivity index (χ1n) is 4.03. The van der Waals surface area contributed by atoms with Gasteiger partial charge in [-0.15, -0.1) is 0 Å². The molecule has 0 amide bonds. The molecule has 0 atom stereocenters. The zero-order valence-corrected chi connectivity index (χ0v) is 7.87. The average Bonchev–Trinajstić information content (AvgIpc) is 2.54. The van der Waals surface area contributed by atoms with Crippen LogP contribution in [0.5, 0.6) is 0 Å². The van der Waals surface area contributed by atoms with Crippen molar-refractivity contribution in [3.63, 3.8) is 0 Å². The lowest BCUT2D eigenvalue weighted by Crippen LogP contribution is -1.95. The molecule has 0 saturated carbocycles. The summed E-state index contributed by atoms with van der Waals surface area (Å²) in [5, 5.41) is 3.77. The van der Waals surface area contributed by atoms with Gasteiger partial charge in [0, 0.05) is 7.11 Å². The summed E-state index contributed by atoms with van der Waals surface area (Å²) in [4.78, 5) is 0. The van der Waals surface area contributed by atoms with E-state index in [4.69, 9.17) is 14.0 Å². The summed E-state index contributed by atoms with van der Waals surface area (Å²) in [5.74, 6) is 0.566. The van der Waals surface area contributed by atoms with Crippen LogP contribution < -0.4 is 0 Å². The molecule has 13 heavy (non-hydrogen) atoms. The molecule has 0 radical (unpaired) electrons. The van der Waals surface area contributed by atoms with E-state index >= 15 is 0 Å². The van der Waals surface area contributed by atoms with Gasteiger partial charge in [-0.05, 0) is 6.92 Å². The van der Waals surface area contributed by atoms with Gasteiger partial charge in [-0.2, -0.15) is 0 Å². The van der Waals surface area contributed by atoms with Gasteiger partial charge in [0.1, 0.15) is 17.7 Å². The SMILES string of the molecule is C=C(OCC)c1conc1COC. The molecule has 0 saturated heterocycles. The molecule has 1 aromatic heterocycles. The fourth-order valence-electron chi connectivity index (χ4n) is 0.979. The minimum atomic E-state index is 0.401. The molecule has 0 N–H and O–H groups in total. The van der Waals surface area contributed by atoms with E-state index in [1.807, 2.05) is 6.92 Å². The molecule has 72 valence electrons. The van der Waals surface area contributed by atoms with Crippen LogP contribution in [0.1, 0.15) is 18.2 Å². The molecule has 0 fully saturated rings. The zero-order valence-electron chi connectivity index (χ0n) is 7.87. The van der Waals surface area contributed by atoms with Crippen LogP contribution in [-0.4, -0.2) is 18.9 Å². The molecule has 0 aliphatic carbocycles. The lowest BCUT2D eigenvalue weighted by Gasteiger charge is -2.04. The Hall–Kier alpha value is -1.29. The Balaban J connectivity index is 2.74. The topological polar surface area (TPSA) is 44.5 Å². The van der Waals surface area contributed by atoms with Gasteiger partial charge in [0.25, 0.3) is 0 Å². The van der Waals surface area contributed by atoms with Crippen molar-refractivity contribution in [2.24, 2.45) is 0 Å². The minimum Gasteiger partial charge on any atom is -0.494 e. The highest BCUT2D eigenvalue weighted by atomic mass is 16.5. The van der Waals surface area contributed by atoms with E-state index in [0.717, 1.165) is 5.56 Å². The summed E-state index contributed by atoms with van der Waals surface area (Å²) in [6, 6.07) is 0. The van der Waals surface area contributed by atoms with Gasteiger partial charge in [0.05, 0.1) is 18.8 Å². The highest BCUT2D eigenvalue weighted by Crippen LogP contribution is 2.18. The highest BCUT2D eigenvalue weighted by molar-refractivity contribution is 5.58. The third-order valence-electron chi connectivity index (χ3n) is 1.54. The van der Waals surface area contributed by atoms with E-state index in [-0.39, 0.29) is 0 Å². The Morgan fingerprint density at radius 3 is 3.08 bits per heavy atom. The summed E-state index contributed by atoms with van der Waals surface area (Å²) in [7, 11) is 1.60. The molecule has 1 heterocycles. The van der Waals surface area contributed by atoms with Crippen LogP contribution in [0.4, 0.5) is 0 Å². The van der Waals surface area contributed by atoms with Crippen LogP contribution in [0.3, 0.4) is 0 Å². The van der Waals surface area contributed by atoms with Gasteiger partial charge in [0.15, 0.2) is 0 Å². The molecule has 4 heteroatoms. The molecule has 0 aromatic carbocycles. The third kappa shape index (κ3) is 2.32. The van der Waals surface area contributed by atoms with Gasteiger partial charge in [0.2, 0.25) is 0 Å². The summed E-state index contributed by atoms with van der Waals surface area (Å²) in [6.07, 6.45) is 1.51. The predicted molar refractivity (Wildman–Crippen MR) is 47.9 cm³/mol. The van der Waals surface area contributed by atoms with Crippen LogP contribution in [0.25, 0.3) is 5.76 Å². The maximum absolute atomic E-state index is 5.22. The number of methoxy groups -OCH3 is 1. The second kappa shape index (κ2) is 4.67. The first-order chi connectivity index (χ1) is 6.29. The maximum atomic E-state index is 5.22. The quantitative estimate of drug-likeness (QED) is 0.653. The molecule has 0 aliphatic rings. The van der Waals surface area contributed by atoms with E-state index in [2.05, 4.69) is 11.7 Å². The highest BCUT2D eigenvalue weighted by Gasteiger charge is 2.10. The van der Waals surface area contributed by atoms with Crippen molar-refractivity contribution in [1.29, 1.82) is 0 Å². The number of nitrogens with zero attached hydrogens (tertiary/aromatic N) is 1. The molecule has 0 bridgehead atoms. The van der Waals surface area contributed by atoms with E-state index in [9.17, 15) is 0 Å². The van der Waals surface area contributed by atoms with Crippen LogP contribution in [0.15, 0.2) is 17.4 Å². The second-order valence-electron chi connectivity index (χ2n) is 2.46. The summed E-state index contributed by atoms with van der Waals surface area (Å²) in [6.45, 7) is 6.63. The van der Waals surface area contributed by atoms with Crippen molar-refractivity contribution < 1.29 is 14.0 Å². The Labute approximate surface area is 77.1 Å². The molecule has 1 rings (SSSR count). The standard InChI is InChI=1S/C9H13NO3/c1-4-12-7(2)8-5-13-10-9(8)6-11-3/h5H,2,4,6H2,1,3H3. The van der Waals surface area contributed by atoms with Crippen LogP contribution in [0, 0.1) is 0 Å². The monoisotopic (exact) mass is 183 g/mol. The Kier molecular flexibility index (Phi) is 3.52. The minimum absolute atomic E-state index is 0.401. The zero-order chi connectivity index (χ0) is 9.68. The molecular formula is C9H13NO3. The number of hydrogen-bond donors (Lipinski definition) is 0. The van der Waals surface area contributed by atoms with Gasteiger partial charge in [-0.3, -0.25) is 0 Å². The van der Waals surface area contributed by atoms with Gasteiger partial charge >= 0.3 is 0 Å². The summed E-state index contributed by atoms with van der Waals surface area (Å²) in [5.41, 5.74) is 1.48. The van der Waals surface area contributed by atoms with Crippen molar-refractivity contribution in [1.82, 2.24) is 5.16 Å². The fourth-order valence-corrected chi connectivity index (χ4v) is 0.979. The van der Waals surface area contributed by atoms with E-state index in [1.165, 1.54) is 6.26 Å². The van der Waals surface area contributed by atoms with Crippen molar-refractivity contribution in [3.05, 3.63) is 24.1 Å². The molecule has 1 aromatic rings. The fraction of sp³-hybridized carbons (Fsp3) is 0.444. The molecular weight excluding hydrogens is 170 g/mol. The number of ether oxygens (including phenoxy) is 2. The number of hydrogen-bond acceptors (Lipinski definition) is 4. The van der Waals surface area contributed by atoms with Crippen LogP contribution in [-0.2, 0) is 16.1 Å². The van der Waals surface area contributed by atoms with Crippen molar-refractivity contribution >= 4 is 5.76 Å². The normalized spacial score (nSPS) is 10.0. The summed E-state index contributed by atoms with van der Waals surface area (Å²) < 4.78 is 15.0. The Morgan fingerprint density at radius 1 is 1.69 bits per heavy atom. The van der Waals surface area contributed by atoms with E-state index < -0.39 is 0 Å². The summed E-state index contributed by atoms with van der Waals surface area (Å²) >= 11 is 0. The third-order valence-corrected chi connectivity index (χ3v) is 1.54. The van der Waals surface area contributed by atoms with E-state index in [0.29, 0.717) is 24.7 Å².